The SMILES string of the molecule is Cc1c(C)c(C)c(S(=O)(=O)NC2(C)CCS(=O)(=O)C2)c(C)c1C. The maximum absolute atomic E-state index is 13.0. The van der Waals surface area contributed by atoms with E-state index in [-0.39, 0.29) is 16.4 Å². The average molecular weight is 360 g/mol. The van der Waals surface area contributed by atoms with Gasteiger partial charge >= 0.3 is 0 Å². The maximum Gasteiger partial charge on any atom is 0.241 e. The van der Waals surface area contributed by atoms with Gasteiger partial charge in [0, 0.05) is 5.54 Å². The third-order valence-corrected chi connectivity index (χ3v) is 8.90. The zero-order valence-corrected chi connectivity index (χ0v) is 16.2. The number of nitrogens with one attached hydrogen (secondary N) is 1. The minimum absolute atomic E-state index is 0.0237. The van der Waals surface area contributed by atoms with E-state index >= 15 is 0 Å². The summed E-state index contributed by atoms with van der Waals surface area (Å²) < 4.78 is 52.0. The molecule has 1 N–H and O–H groups in total. The van der Waals surface area contributed by atoms with Crippen molar-refractivity contribution >= 4 is 19.9 Å². The molecule has 1 unspecified atom stereocenters. The molecule has 1 aliphatic heterocycles. The van der Waals surface area contributed by atoms with Gasteiger partial charge < -0.3 is 0 Å². The summed E-state index contributed by atoms with van der Waals surface area (Å²) in [5.74, 6) is -0.128. The number of rotatable bonds is 3. The smallest absolute Gasteiger partial charge is 0.229 e. The molecule has 1 heterocycles. The van der Waals surface area contributed by atoms with Crippen molar-refractivity contribution in [3.05, 3.63) is 27.8 Å². The maximum atomic E-state index is 13.0. The van der Waals surface area contributed by atoms with Crippen LogP contribution in [0.5, 0.6) is 0 Å². The molecule has 2 rings (SSSR count). The summed E-state index contributed by atoms with van der Waals surface area (Å²) >= 11 is 0. The Bertz CT molecular complexity index is 841. The lowest BCUT2D eigenvalue weighted by molar-refractivity contribution is 0.461. The van der Waals surface area contributed by atoms with Crippen molar-refractivity contribution in [3.8, 4) is 0 Å². The first-order chi connectivity index (χ1) is 10.3. The molecule has 1 aromatic rings. The first kappa shape index (κ1) is 18.4. The molecule has 7 heteroatoms. The lowest BCUT2D eigenvalue weighted by atomic mass is 9.95. The highest BCUT2D eigenvalue weighted by atomic mass is 32.2. The second-order valence-corrected chi connectivity index (χ2v) is 10.8. The van der Waals surface area contributed by atoms with Crippen LogP contribution in [-0.4, -0.2) is 33.9 Å². The van der Waals surface area contributed by atoms with Gasteiger partial charge in [0.05, 0.1) is 16.4 Å². The van der Waals surface area contributed by atoms with E-state index in [1.54, 1.807) is 20.8 Å². The van der Waals surface area contributed by atoms with Crippen molar-refractivity contribution in [1.82, 2.24) is 4.72 Å². The Morgan fingerprint density at radius 1 is 0.913 bits per heavy atom. The van der Waals surface area contributed by atoms with Crippen LogP contribution in [0, 0.1) is 34.6 Å². The molecule has 5 nitrogen and oxygen atoms in total. The van der Waals surface area contributed by atoms with Crippen molar-refractivity contribution in [1.29, 1.82) is 0 Å². The van der Waals surface area contributed by atoms with E-state index in [0.29, 0.717) is 6.42 Å². The molecule has 0 aliphatic carbocycles. The van der Waals surface area contributed by atoms with E-state index < -0.39 is 25.4 Å². The molecule has 1 atom stereocenters. The van der Waals surface area contributed by atoms with Crippen molar-refractivity contribution in [2.24, 2.45) is 0 Å². The van der Waals surface area contributed by atoms with Crippen LogP contribution < -0.4 is 4.72 Å². The topological polar surface area (TPSA) is 80.3 Å². The van der Waals surface area contributed by atoms with Gasteiger partial charge in [0.2, 0.25) is 10.0 Å². The normalized spacial score (nSPS) is 24.1. The molecule has 1 fully saturated rings. The Labute approximate surface area is 139 Å². The molecular weight excluding hydrogens is 334 g/mol. The molecule has 0 spiro atoms. The van der Waals surface area contributed by atoms with Gasteiger partial charge in [-0.05, 0) is 75.8 Å². The van der Waals surface area contributed by atoms with Gasteiger partial charge in [0.1, 0.15) is 0 Å². The van der Waals surface area contributed by atoms with Crippen LogP contribution in [0.4, 0.5) is 0 Å². The first-order valence-electron chi connectivity index (χ1n) is 7.61. The lowest BCUT2D eigenvalue weighted by Gasteiger charge is -2.26. The summed E-state index contributed by atoms with van der Waals surface area (Å²) in [4.78, 5) is 0.281. The molecule has 0 radical (unpaired) electrons. The molecule has 0 amide bonds. The van der Waals surface area contributed by atoms with Crippen LogP contribution in [0.1, 0.15) is 41.2 Å². The fourth-order valence-electron chi connectivity index (χ4n) is 3.34. The highest BCUT2D eigenvalue weighted by Gasteiger charge is 2.42. The average Bonchev–Trinajstić information content (AvgIpc) is 2.66. The van der Waals surface area contributed by atoms with Gasteiger partial charge in [-0.15, -0.1) is 0 Å². The number of benzene rings is 1. The second-order valence-electron chi connectivity index (χ2n) is 6.96. The highest BCUT2D eigenvalue weighted by molar-refractivity contribution is 7.92. The summed E-state index contributed by atoms with van der Waals surface area (Å²) in [5.41, 5.74) is 3.51. The van der Waals surface area contributed by atoms with Crippen LogP contribution in [-0.2, 0) is 19.9 Å². The number of hydrogen-bond acceptors (Lipinski definition) is 4. The highest BCUT2D eigenvalue weighted by Crippen LogP contribution is 2.32. The number of sulfone groups is 1. The van der Waals surface area contributed by atoms with Crippen molar-refractivity contribution in [3.63, 3.8) is 0 Å². The minimum atomic E-state index is -3.79. The molecule has 130 valence electrons. The molecule has 23 heavy (non-hydrogen) atoms. The van der Waals surface area contributed by atoms with Crippen molar-refractivity contribution in [2.75, 3.05) is 11.5 Å². The van der Waals surface area contributed by atoms with Gasteiger partial charge in [-0.25, -0.2) is 21.6 Å². The van der Waals surface area contributed by atoms with Crippen LogP contribution in [0.3, 0.4) is 0 Å². The summed E-state index contributed by atoms with van der Waals surface area (Å²) in [6.07, 6.45) is 0.302. The van der Waals surface area contributed by atoms with Gasteiger partial charge in [-0.3, -0.25) is 0 Å². The summed E-state index contributed by atoms with van der Waals surface area (Å²) in [7, 11) is -6.97. The molecule has 1 saturated heterocycles. The summed E-state index contributed by atoms with van der Waals surface area (Å²) in [5, 5.41) is 0. The van der Waals surface area contributed by atoms with E-state index in [9.17, 15) is 16.8 Å². The van der Waals surface area contributed by atoms with Crippen LogP contribution in [0.2, 0.25) is 0 Å². The molecular formula is C16H25NO4S2. The molecule has 0 saturated carbocycles. The summed E-state index contributed by atoms with van der Waals surface area (Å²) in [6, 6.07) is 0. The van der Waals surface area contributed by atoms with Crippen molar-refractivity contribution in [2.45, 2.75) is 58.4 Å². The van der Waals surface area contributed by atoms with Gasteiger partial charge in [0.25, 0.3) is 0 Å². The Morgan fingerprint density at radius 2 is 1.35 bits per heavy atom. The lowest BCUT2D eigenvalue weighted by Crippen LogP contribution is -2.47. The predicted octanol–water partition coefficient (Wildman–Crippen LogP) is 2.08. The molecule has 1 aromatic carbocycles. The van der Waals surface area contributed by atoms with Gasteiger partial charge in [0.15, 0.2) is 9.84 Å². The third kappa shape index (κ3) is 3.32. The Morgan fingerprint density at radius 3 is 1.74 bits per heavy atom. The molecule has 1 aliphatic rings. The Balaban J connectivity index is 2.54. The number of hydrogen-bond donors (Lipinski definition) is 1. The predicted molar refractivity (Wildman–Crippen MR) is 92.1 cm³/mol. The largest absolute Gasteiger partial charge is 0.241 e. The van der Waals surface area contributed by atoms with Crippen LogP contribution >= 0.6 is 0 Å². The van der Waals surface area contributed by atoms with E-state index in [1.165, 1.54) is 0 Å². The zero-order chi connectivity index (χ0) is 17.8. The molecule has 0 aromatic heterocycles. The Hall–Kier alpha value is -0.920. The summed E-state index contributed by atoms with van der Waals surface area (Å²) in [6.45, 7) is 11.1. The fraction of sp³-hybridized carbons (Fsp3) is 0.625. The zero-order valence-electron chi connectivity index (χ0n) is 14.6. The van der Waals surface area contributed by atoms with Crippen molar-refractivity contribution < 1.29 is 16.8 Å². The van der Waals surface area contributed by atoms with Crippen LogP contribution in [0.25, 0.3) is 0 Å². The Kier molecular flexibility index (Phi) is 4.46. The van der Waals surface area contributed by atoms with Gasteiger partial charge in [-0.1, -0.05) is 0 Å². The van der Waals surface area contributed by atoms with E-state index in [2.05, 4.69) is 4.72 Å². The fourth-order valence-corrected chi connectivity index (χ4v) is 7.56. The third-order valence-electron chi connectivity index (χ3n) is 5.08. The van der Waals surface area contributed by atoms with Gasteiger partial charge in [-0.2, -0.15) is 0 Å². The second kappa shape index (κ2) is 5.57. The first-order valence-corrected chi connectivity index (χ1v) is 10.9. The molecule has 0 bridgehead atoms. The number of sulfonamides is 1. The standard InChI is InChI=1S/C16H25NO4S2/c1-10-11(2)13(4)15(14(5)12(10)3)23(20,21)17-16(6)7-8-22(18,19)9-16/h17H,7-9H2,1-6H3. The monoisotopic (exact) mass is 359 g/mol. The van der Waals surface area contributed by atoms with E-state index in [4.69, 9.17) is 0 Å². The van der Waals surface area contributed by atoms with E-state index in [1.807, 2.05) is 20.8 Å². The quantitative estimate of drug-likeness (QED) is 0.896. The van der Waals surface area contributed by atoms with Crippen LogP contribution in [0.15, 0.2) is 4.90 Å². The van der Waals surface area contributed by atoms with E-state index in [0.717, 1.165) is 27.8 Å². The minimum Gasteiger partial charge on any atom is -0.229 e.